The molecule has 0 amide bonds. The first kappa shape index (κ1) is 17.3. The van der Waals surface area contributed by atoms with Gasteiger partial charge in [0.25, 0.3) is 5.89 Å². The number of likely N-dealkylation sites (N-methyl/N-ethyl adjacent to an activating group) is 1. The summed E-state index contributed by atoms with van der Waals surface area (Å²) in [7, 11) is 1.84. The summed E-state index contributed by atoms with van der Waals surface area (Å²) in [6.07, 6.45) is 3.29. The molecule has 2 aromatic rings. The van der Waals surface area contributed by atoms with Crippen LogP contribution in [-0.4, -0.2) is 23.2 Å². The maximum atomic E-state index is 13.4. The molecule has 0 aliphatic rings. The molecule has 4 nitrogen and oxygen atoms in total. The zero-order chi connectivity index (χ0) is 14.5. The normalized spacial score (nSPS) is 12.4. The van der Waals surface area contributed by atoms with E-state index in [1.54, 1.807) is 0 Å². The van der Waals surface area contributed by atoms with E-state index in [0.29, 0.717) is 12.2 Å². The highest BCUT2D eigenvalue weighted by molar-refractivity contribution is 5.85. The van der Waals surface area contributed by atoms with Crippen molar-refractivity contribution >= 4 is 24.6 Å². The smallest absolute Gasteiger partial charge is 0.250 e. The zero-order valence-electron chi connectivity index (χ0n) is 11.6. The maximum Gasteiger partial charge on any atom is 0.250 e. The van der Waals surface area contributed by atoms with Gasteiger partial charge in [-0.25, -0.2) is 8.78 Å². The van der Waals surface area contributed by atoms with Crippen LogP contribution in [0.5, 0.6) is 0 Å². The Hall–Kier alpha value is -1.79. The lowest BCUT2D eigenvalue weighted by Gasteiger charge is -2.04. The lowest BCUT2D eigenvalue weighted by molar-refractivity contribution is 0.400. The summed E-state index contributed by atoms with van der Waals surface area (Å²) >= 11 is 0. The Morgan fingerprint density at radius 3 is 2.57 bits per heavy atom. The molecule has 1 N–H and O–H groups in total. The lowest BCUT2D eigenvalue weighted by atomic mass is 10.2. The second kappa shape index (κ2) is 7.85. The van der Waals surface area contributed by atoms with Gasteiger partial charge in [0.05, 0.1) is 0 Å². The van der Waals surface area contributed by atoms with E-state index in [0.717, 1.165) is 0 Å². The van der Waals surface area contributed by atoms with Gasteiger partial charge in [-0.05, 0) is 32.2 Å². The van der Waals surface area contributed by atoms with Gasteiger partial charge in [-0.3, -0.25) is 0 Å². The van der Waals surface area contributed by atoms with Crippen molar-refractivity contribution < 1.29 is 13.3 Å². The highest BCUT2D eigenvalue weighted by Gasteiger charge is 2.09. The third kappa shape index (κ3) is 4.61. The number of hydrogen-bond acceptors (Lipinski definition) is 4. The summed E-state index contributed by atoms with van der Waals surface area (Å²) < 4.78 is 31.8. The van der Waals surface area contributed by atoms with Crippen LogP contribution in [0.2, 0.25) is 0 Å². The van der Waals surface area contributed by atoms with Crippen molar-refractivity contribution in [1.29, 1.82) is 0 Å². The van der Waals surface area contributed by atoms with Crippen molar-refractivity contribution in [2.75, 3.05) is 7.05 Å². The van der Waals surface area contributed by atoms with Crippen molar-refractivity contribution in [3.8, 4) is 0 Å². The average molecular weight is 316 g/mol. The largest absolute Gasteiger partial charge is 0.335 e. The fourth-order valence-corrected chi connectivity index (χ4v) is 1.62. The van der Waals surface area contributed by atoms with Crippen LogP contribution in [0.3, 0.4) is 0 Å². The number of hydrogen-bond donors (Lipinski definition) is 1. The maximum absolute atomic E-state index is 13.4. The fourth-order valence-electron chi connectivity index (χ4n) is 1.62. The predicted molar refractivity (Wildman–Crippen MR) is 79.1 cm³/mol. The van der Waals surface area contributed by atoms with Crippen molar-refractivity contribution in [2.45, 2.75) is 19.4 Å². The minimum atomic E-state index is -0.634. The summed E-state index contributed by atoms with van der Waals surface area (Å²) in [6.45, 7) is 1.99. The molecule has 0 bridgehead atoms. The quantitative estimate of drug-likeness (QED) is 0.921. The number of nitrogens with one attached hydrogen (secondary N) is 1. The minimum absolute atomic E-state index is 0. The summed E-state index contributed by atoms with van der Waals surface area (Å²) in [6, 6.07) is 3.91. The topological polar surface area (TPSA) is 51.0 Å². The number of nitrogens with zero attached hydrogens (tertiary/aromatic N) is 2. The highest BCUT2D eigenvalue weighted by Crippen LogP contribution is 2.15. The first-order valence-electron chi connectivity index (χ1n) is 6.22. The molecule has 1 aromatic heterocycles. The second-order valence-electron chi connectivity index (χ2n) is 4.41. The van der Waals surface area contributed by atoms with E-state index in [2.05, 4.69) is 15.5 Å². The lowest BCUT2D eigenvalue weighted by Crippen LogP contribution is -2.24. The van der Waals surface area contributed by atoms with E-state index in [1.807, 2.05) is 14.0 Å². The zero-order valence-corrected chi connectivity index (χ0v) is 12.5. The molecule has 114 valence electrons. The molecule has 7 heteroatoms. The van der Waals surface area contributed by atoms with Gasteiger partial charge in [0.1, 0.15) is 11.6 Å². The van der Waals surface area contributed by atoms with E-state index in [9.17, 15) is 8.78 Å². The van der Waals surface area contributed by atoms with Crippen molar-refractivity contribution in [2.24, 2.45) is 0 Å². The van der Waals surface area contributed by atoms with Crippen LogP contribution < -0.4 is 5.32 Å². The van der Waals surface area contributed by atoms with Gasteiger partial charge in [0, 0.05) is 24.1 Å². The molecule has 0 radical (unpaired) electrons. The summed E-state index contributed by atoms with van der Waals surface area (Å²) in [5.41, 5.74) is -0.129. The van der Waals surface area contributed by atoms with Gasteiger partial charge >= 0.3 is 0 Å². The molecule has 1 unspecified atom stereocenters. The molecular weight excluding hydrogens is 300 g/mol. The van der Waals surface area contributed by atoms with Gasteiger partial charge in [-0.1, -0.05) is 11.2 Å². The molecule has 0 aliphatic heterocycles. The van der Waals surface area contributed by atoms with E-state index in [4.69, 9.17) is 4.52 Å². The number of aromatic nitrogens is 2. The molecular formula is C14H16ClF2N3O. The van der Waals surface area contributed by atoms with Gasteiger partial charge < -0.3 is 9.84 Å². The summed E-state index contributed by atoms with van der Waals surface area (Å²) in [5, 5.41) is 6.85. The Kier molecular flexibility index (Phi) is 6.45. The monoisotopic (exact) mass is 315 g/mol. The van der Waals surface area contributed by atoms with Crippen LogP contribution in [0.15, 0.2) is 22.7 Å². The molecule has 0 spiro atoms. The van der Waals surface area contributed by atoms with Gasteiger partial charge in [-0.2, -0.15) is 4.98 Å². The molecule has 2 rings (SSSR count). The molecule has 21 heavy (non-hydrogen) atoms. The Labute approximate surface area is 127 Å². The Morgan fingerprint density at radius 1 is 1.29 bits per heavy atom. The number of halogens is 3. The van der Waals surface area contributed by atoms with Crippen molar-refractivity contribution in [3.05, 3.63) is 47.1 Å². The van der Waals surface area contributed by atoms with E-state index >= 15 is 0 Å². The molecule has 1 atom stereocenters. The molecule has 1 heterocycles. The van der Waals surface area contributed by atoms with E-state index < -0.39 is 11.6 Å². The van der Waals surface area contributed by atoms with Crippen LogP contribution in [0.4, 0.5) is 8.78 Å². The third-order valence-electron chi connectivity index (χ3n) is 2.86. The van der Waals surface area contributed by atoms with Gasteiger partial charge in [0.15, 0.2) is 5.82 Å². The Morgan fingerprint density at radius 2 is 1.95 bits per heavy atom. The number of rotatable bonds is 5. The molecule has 0 fully saturated rings. The highest BCUT2D eigenvalue weighted by atomic mass is 35.5. The molecule has 0 saturated carbocycles. The molecule has 0 aliphatic carbocycles. The molecule has 0 saturated heterocycles. The molecule has 1 aromatic carbocycles. The van der Waals surface area contributed by atoms with Crippen molar-refractivity contribution in [3.63, 3.8) is 0 Å². The summed E-state index contributed by atoms with van der Waals surface area (Å²) in [5.74, 6) is -0.513. The third-order valence-corrected chi connectivity index (χ3v) is 2.86. The first-order valence-corrected chi connectivity index (χ1v) is 6.22. The van der Waals surface area contributed by atoms with Crippen LogP contribution >= 0.6 is 12.4 Å². The number of benzene rings is 1. The van der Waals surface area contributed by atoms with Gasteiger partial charge in [-0.15, -0.1) is 12.4 Å². The van der Waals surface area contributed by atoms with Crippen LogP contribution in [0.25, 0.3) is 12.2 Å². The SMILES string of the molecule is CNC(C)Cc1noc(/C=C/c2c(F)cccc2F)n1.Cl. The average Bonchev–Trinajstić information content (AvgIpc) is 2.85. The summed E-state index contributed by atoms with van der Waals surface area (Å²) in [4.78, 5) is 4.12. The Bertz CT molecular complexity index is 596. The van der Waals surface area contributed by atoms with Crippen LogP contribution in [0, 0.1) is 11.6 Å². The fraction of sp³-hybridized carbons (Fsp3) is 0.286. The van der Waals surface area contributed by atoms with Crippen molar-refractivity contribution in [1.82, 2.24) is 15.5 Å². The van der Waals surface area contributed by atoms with Gasteiger partial charge in [0.2, 0.25) is 0 Å². The predicted octanol–water partition coefficient (Wildman–Crippen LogP) is 3.09. The first-order chi connectivity index (χ1) is 9.60. The van der Waals surface area contributed by atoms with Crippen LogP contribution in [0.1, 0.15) is 24.2 Å². The standard InChI is InChI=1S/C14H15F2N3O.ClH/c1-9(17-2)8-13-18-14(20-19-13)7-6-10-11(15)4-3-5-12(10)16;/h3-7,9,17H,8H2,1-2H3;1H/b7-6+;. The minimum Gasteiger partial charge on any atom is -0.335 e. The van der Waals surface area contributed by atoms with E-state index in [-0.39, 0.29) is 29.9 Å². The Balaban J connectivity index is 0.00000220. The van der Waals surface area contributed by atoms with Crippen LogP contribution in [-0.2, 0) is 6.42 Å². The van der Waals surface area contributed by atoms with E-state index in [1.165, 1.54) is 30.4 Å². The second-order valence-corrected chi connectivity index (χ2v) is 4.41.